The third-order valence-corrected chi connectivity index (χ3v) is 3.48. The van der Waals surface area contributed by atoms with E-state index in [-0.39, 0.29) is 0 Å². The first kappa shape index (κ1) is 16.4. The molecule has 1 heteroatoms. The molecule has 1 rings (SSSR count). The fraction of sp³-hybridized carbons (Fsp3) is 0.750. The minimum absolute atomic E-state index is 0.664. The maximum atomic E-state index is 2.43. The van der Waals surface area contributed by atoms with Crippen LogP contribution in [0.2, 0.25) is 0 Å². The second kappa shape index (κ2) is 9.47. The molecule has 0 spiro atoms. The van der Waals surface area contributed by atoms with Crippen molar-refractivity contribution >= 4 is 0 Å². The van der Waals surface area contributed by atoms with Crippen molar-refractivity contribution in [2.75, 3.05) is 13.6 Å². The van der Waals surface area contributed by atoms with Gasteiger partial charge in [-0.2, -0.15) is 0 Å². The molecular weight excluding hydrogens is 206 g/mol. The van der Waals surface area contributed by atoms with Crippen molar-refractivity contribution in [2.45, 2.75) is 59.9 Å². The topological polar surface area (TPSA) is 3.24 Å². The molecule has 17 heavy (non-hydrogen) atoms. The summed E-state index contributed by atoms with van der Waals surface area (Å²) in [6.07, 6.45) is 10.6. The lowest BCUT2D eigenvalue weighted by atomic mass is 9.91. The maximum Gasteiger partial charge on any atom is 0.00355 e. The molecule has 1 unspecified atom stereocenters. The van der Waals surface area contributed by atoms with Crippen molar-refractivity contribution in [1.82, 2.24) is 4.90 Å². The van der Waals surface area contributed by atoms with E-state index < -0.39 is 0 Å². The lowest BCUT2D eigenvalue weighted by Crippen LogP contribution is -2.28. The normalized spacial score (nSPS) is 16.6. The Hall–Kier alpha value is -0.560. The highest BCUT2D eigenvalue weighted by Crippen LogP contribution is 2.23. The van der Waals surface area contributed by atoms with Crippen LogP contribution in [0.15, 0.2) is 23.8 Å². The molecule has 1 aliphatic carbocycles. The zero-order valence-electron chi connectivity index (χ0n) is 12.7. The van der Waals surface area contributed by atoms with E-state index in [4.69, 9.17) is 0 Å². The van der Waals surface area contributed by atoms with Crippen LogP contribution in [0.25, 0.3) is 0 Å². The van der Waals surface area contributed by atoms with Gasteiger partial charge >= 0.3 is 0 Å². The molecule has 1 aliphatic rings. The van der Waals surface area contributed by atoms with Crippen LogP contribution in [0.4, 0.5) is 0 Å². The second-order valence-electron chi connectivity index (χ2n) is 4.97. The van der Waals surface area contributed by atoms with E-state index >= 15 is 0 Å². The summed E-state index contributed by atoms with van der Waals surface area (Å²) in [5.74, 6) is 0.746. The molecular formula is C16H31N. The molecule has 0 fully saturated rings. The second-order valence-corrected chi connectivity index (χ2v) is 4.97. The molecule has 1 atom stereocenters. The molecule has 0 N–H and O–H groups in total. The third kappa shape index (κ3) is 6.68. The van der Waals surface area contributed by atoms with Crippen LogP contribution in [-0.4, -0.2) is 24.5 Å². The predicted octanol–water partition coefficient (Wildman–Crippen LogP) is 4.66. The van der Waals surface area contributed by atoms with Crippen LogP contribution >= 0.6 is 0 Å². The molecule has 0 radical (unpaired) electrons. The molecule has 100 valence electrons. The highest BCUT2D eigenvalue weighted by molar-refractivity contribution is 5.19. The Bertz CT molecular complexity index is 238. The molecule has 0 saturated carbocycles. The Morgan fingerprint density at radius 2 is 1.88 bits per heavy atom. The third-order valence-electron chi connectivity index (χ3n) is 3.48. The average molecular weight is 237 g/mol. The lowest BCUT2D eigenvalue weighted by molar-refractivity contribution is 0.259. The minimum Gasteiger partial charge on any atom is -0.304 e. The largest absolute Gasteiger partial charge is 0.304 e. The zero-order valence-corrected chi connectivity index (χ0v) is 12.7. The van der Waals surface area contributed by atoms with Crippen molar-refractivity contribution < 1.29 is 0 Å². The van der Waals surface area contributed by atoms with Crippen LogP contribution < -0.4 is 0 Å². The van der Waals surface area contributed by atoms with Gasteiger partial charge in [0.1, 0.15) is 0 Å². The van der Waals surface area contributed by atoms with Crippen molar-refractivity contribution in [1.29, 1.82) is 0 Å². The van der Waals surface area contributed by atoms with Gasteiger partial charge in [-0.1, -0.05) is 44.6 Å². The molecule has 0 saturated heterocycles. The Kier molecular flexibility index (Phi) is 9.16. The van der Waals surface area contributed by atoms with Crippen LogP contribution in [0, 0.1) is 5.92 Å². The summed E-state index contributed by atoms with van der Waals surface area (Å²) in [6.45, 7) is 12.1. The fourth-order valence-corrected chi connectivity index (χ4v) is 1.87. The van der Waals surface area contributed by atoms with Crippen molar-refractivity contribution in [3.05, 3.63) is 23.8 Å². The van der Waals surface area contributed by atoms with Crippen molar-refractivity contribution in [2.24, 2.45) is 5.92 Å². The first-order valence-corrected chi connectivity index (χ1v) is 7.17. The SMILES string of the molecule is CC.CC(CCN(C)C(C)C)C1=CC=CCC1. The Balaban J connectivity index is 0.00000121. The maximum absolute atomic E-state index is 2.43. The molecule has 0 aromatic rings. The standard InChI is InChI=1S/C14H25N.C2H6/c1-12(2)15(4)11-10-13(3)14-8-6-5-7-9-14;1-2/h5-6,8,12-13H,7,9-11H2,1-4H3;1-2H3. The smallest absolute Gasteiger partial charge is 0.00355 e. The van der Waals surface area contributed by atoms with E-state index in [9.17, 15) is 0 Å². The number of hydrogen-bond donors (Lipinski definition) is 0. The molecule has 0 heterocycles. The number of allylic oxidation sites excluding steroid dienone is 4. The Labute approximate surface area is 109 Å². The van der Waals surface area contributed by atoms with Gasteiger partial charge in [0.15, 0.2) is 0 Å². The summed E-state index contributed by atoms with van der Waals surface area (Å²) in [4.78, 5) is 2.43. The van der Waals surface area contributed by atoms with Gasteiger partial charge in [-0.3, -0.25) is 0 Å². The van der Waals surface area contributed by atoms with Crippen LogP contribution in [0.5, 0.6) is 0 Å². The van der Waals surface area contributed by atoms with E-state index in [0.29, 0.717) is 6.04 Å². The van der Waals surface area contributed by atoms with Crippen LogP contribution in [0.3, 0.4) is 0 Å². The van der Waals surface area contributed by atoms with Crippen LogP contribution in [-0.2, 0) is 0 Å². The van der Waals surface area contributed by atoms with Crippen molar-refractivity contribution in [3.8, 4) is 0 Å². The fourth-order valence-electron chi connectivity index (χ4n) is 1.87. The first-order valence-electron chi connectivity index (χ1n) is 7.17. The van der Waals surface area contributed by atoms with E-state index in [1.54, 1.807) is 5.57 Å². The van der Waals surface area contributed by atoms with Gasteiger partial charge < -0.3 is 4.90 Å². The summed E-state index contributed by atoms with van der Waals surface area (Å²) in [5.41, 5.74) is 1.63. The quantitative estimate of drug-likeness (QED) is 0.672. The predicted molar refractivity (Wildman–Crippen MR) is 79.4 cm³/mol. The van der Waals surface area contributed by atoms with Gasteiger partial charge in [0.2, 0.25) is 0 Å². The summed E-state index contributed by atoms with van der Waals surface area (Å²) in [5, 5.41) is 0. The van der Waals surface area contributed by atoms with Gasteiger partial charge in [-0.15, -0.1) is 0 Å². The molecule has 0 amide bonds. The number of nitrogens with zero attached hydrogens (tertiary/aromatic N) is 1. The van der Waals surface area contributed by atoms with Crippen molar-refractivity contribution in [3.63, 3.8) is 0 Å². The first-order chi connectivity index (χ1) is 8.11. The molecule has 0 aliphatic heterocycles. The lowest BCUT2D eigenvalue weighted by Gasteiger charge is -2.24. The summed E-state index contributed by atoms with van der Waals surface area (Å²) in [6, 6.07) is 0.664. The zero-order chi connectivity index (χ0) is 13.3. The Morgan fingerprint density at radius 1 is 1.24 bits per heavy atom. The molecule has 1 nitrogen and oxygen atoms in total. The van der Waals surface area contributed by atoms with E-state index in [0.717, 1.165) is 5.92 Å². The van der Waals surface area contributed by atoms with Gasteiger partial charge in [0, 0.05) is 6.04 Å². The highest BCUT2D eigenvalue weighted by Gasteiger charge is 2.11. The molecule has 0 aromatic heterocycles. The average Bonchev–Trinajstić information content (AvgIpc) is 2.38. The van der Waals surface area contributed by atoms with Gasteiger partial charge in [0.05, 0.1) is 0 Å². The summed E-state index contributed by atoms with van der Waals surface area (Å²) in [7, 11) is 2.21. The molecule has 0 aromatic carbocycles. The van der Waals surface area contributed by atoms with Crippen LogP contribution in [0.1, 0.15) is 53.9 Å². The molecule has 0 bridgehead atoms. The van der Waals surface area contributed by atoms with Gasteiger partial charge in [-0.05, 0) is 52.6 Å². The summed E-state index contributed by atoms with van der Waals surface area (Å²) >= 11 is 0. The monoisotopic (exact) mass is 237 g/mol. The van der Waals surface area contributed by atoms with E-state index in [1.807, 2.05) is 13.8 Å². The summed E-state index contributed by atoms with van der Waals surface area (Å²) < 4.78 is 0. The number of rotatable bonds is 5. The van der Waals surface area contributed by atoms with Gasteiger partial charge in [0.25, 0.3) is 0 Å². The van der Waals surface area contributed by atoms with Gasteiger partial charge in [-0.25, -0.2) is 0 Å². The van der Waals surface area contributed by atoms with E-state index in [1.165, 1.54) is 25.8 Å². The van der Waals surface area contributed by atoms with E-state index in [2.05, 4.69) is 50.9 Å². The highest BCUT2D eigenvalue weighted by atomic mass is 15.1. The number of hydrogen-bond acceptors (Lipinski definition) is 1. The minimum atomic E-state index is 0.664. The Morgan fingerprint density at radius 3 is 2.35 bits per heavy atom.